The number of nitrogens with zero attached hydrogens (tertiary/aromatic N) is 4. The van der Waals surface area contributed by atoms with E-state index in [4.69, 9.17) is 14.8 Å². The Kier molecular flexibility index (Phi) is 6.30. The Bertz CT molecular complexity index is 1280. The van der Waals surface area contributed by atoms with Crippen molar-refractivity contribution in [2.75, 3.05) is 24.7 Å². The van der Waals surface area contributed by atoms with Crippen LogP contribution in [0.25, 0.3) is 28.0 Å². The predicted octanol–water partition coefficient (Wildman–Crippen LogP) is 5.01. The SMILES string of the molecule is CCOCc1nn2c(-c3ccc(F)cc3)cc(N3CCCC3CO)nc2c1-c1ccc(C)cc1. The molecule has 6 nitrogen and oxygen atoms in total. The van der Waals surface area contributed by atoms with Crippen molar-refractivity contribution in [2.45, 2.75) is 39.3 Å². The minimum atomic E-state index is -0.285. The Labute approximate surface area is 198 Å². The molecule has 7 heteroatoms. The first kappa shape index (κ1) is 22.5. The van der Waals surface area contributed by atoms with Crippen molar-refractivity contribution in [1.29, 1.82) is 0 Å². The van der Waals surface area contributed by atoms with Crippen LogP contribution in [0.4, 0.5) is 10.2 Å². The van der Waals surface area contributed by atoms with Gasteiger partial charge in [0.05, 0.1) is 36.2 Å². The molecule has 5 rings (SSSR count). The molecule has 0 aliphatic carbocycles. The predicted molar refractivity (Wildman–Crippen MR) is 131 cm³/mol. The van der Waals surface area contributed by atoms with Gasteiger partial charge in [0.2, 0.25) is 0 Å². The van der Waals surface area contributed by atoms with Gasteiger partial charge in [0, 0.05) is 24.8 Å². The number of aliphatic hydroxyl groups is 1. The Morgan fingerprint density at radius 1 is 1.09 bits per heavy atom. The van der Waals surface area contributed by atoms with Crippen LogP contribution < -0.4 is 4.90 Å². The third kappa shape index (κ3) is 4.17. The second-order valence-corrected chi connectivity index (χ2v) is 8.74. The van der Waals surface area contributed by atoms with Gasteiger partial charge in [-0.2, -0.15) is 5.10 Å². The highest BCUT2D eigenvalue weighted by atomic mass is 19.1. The molecule has 0 bridgehead atoms. The van der Waals surface area contributed by atoms with Crippen molar-refractivity contribution >= 4 is 11.5 Å². The first-order chi connectivity index (χ1) is 16.6. The van der Waals surface area contributed by atoms with Gasteiger partial charge in [-0.15, -0.1) is 0 Å². The van der Waals surface area contributed by atoms with Crippen LogP contribution in [0.2, 0.25) is 0 Å². The zero-order chi connectivity index (χ0) is 23.7. The van der Waals surface area contributed by atoms with Gasteiger partial charge in [0.15, 0.2) is 5.65 Å². The van der Waals surface area contributed by atoms with Crippen LogP contribution in [-0.4, -0.2) is 45.5 Å². The topological polar surface area (TPSA) is 62.9 Å². The summed E-state index contributed by atoms with van der Waals surface area (Å²) >= 11 is 0. The monoisotopic (exact) mass is 460 g/mol. The maximum Gasteiger partial charge on any atom is 0.166 e. The summed E-state index contributed by atoms with van der Waals surface area (Å²) in [6, 6.07) is 16.8. The van der Waals surface area contributed by atoms with E-state index < -0.39 is 0 Å². The van der Waals surface area contributed by atoms with E-state index in [9.17, 15) is 9.50 Å². The number of hydrogen-bond donors (Lipinski definition) is 1. The summed E-state index contributed by atoms with van der Waals surface area (Å²) in [6.45, 7) is 5.88. The Morgan fingerprint density at radius 3 is 2.53 bits per heavy atom. The molecule has 1 atom stereocenters. The lowest BCUT2D eigenvalue weighted by Gasteiger charge is -2.25. The molecule has 176 valence electrons. The van der Waals surface area contributed by atoms with Crippen LogP contribution in [0.1, 0.15) is 31.0 Å². The average molecular weight is 461 g/mol. The number of hydrogen-bond acceptors (Lipinski definition) is 5. The molecule has 0 spiro atoms. The largest absolute Gasteiger partial charge is 0.394 e. The molecule has 4 aromatic rings. The number of halogens is 1. The van der Waals surface area contributed by atoms with E-state index in [-0.39, 0.29) is 18.5 Å². The van der Waals surface area contributed by atoms with E-state index in [0.717, 1.165) is 58.9 Å². The molecule has 0 radical (unpaired) electrons. The summed E-state index contributed by atoms with van der Waals surface area (Å²) in [5.74, 6) is 0.506. The maximum absolute atomic E-state index is 13.7. The van der Waals surface area contributed by atoms with Crippen LogP contribution >= 0.6 is 0 Å². The maximum atomic E-state index is 13.7. The van der Waals surface area contributed by atoms with Crippen LogP contribution in [0.15, 0.2) is 54.6 Å². The molecule has 34 heavy (non-hydrogen) atoms. The van der Waals surface area contributed by atoms with Gasteiger partial charge in [-0.05, 0) is 56.5 Å². The first-order valence-corrected chi connectivity index (χ1v) is 11.8. The van der Waals surface area contributed by atoms with Crippen LogP contribution in [-0.2, 0) is 11.3 Å². The van der Waals surface area contributed by atoms with Crippen molar-refractivity contribution in [3.63, 3.8) is 0 Å². The van der Waals surface area contributed by atoms with Gasteiger partial charge in [-0.1, -0.05) is 29.8 Å². The summed E-state index contributed by atoms with van der Waals surface area (Å²) in [4.78, 5) is 7.24. The van der Waals surface area contributed by atoms with Crippen molar-refractivity contribution in [2.24, 2.45) is 0 Å². The molecule has 3 heterocycles. The van der Waals surface area contributed by atoms with E-state index in [2.05, 4.69) is 36.1 Å². The van der Waals surface area contributed by atoms with Gasteiger partial charge in [-0.3, -0.25) is 0 Å². The fraction of sp³-hybridized carbons (Fsp3) is 0.333. The van der Waals surface area contributed by atoms with Gasteiger partial charge >= 0.3 is 0 Å². The van der Waals surface area contributed by atoms with Crippen LogP contribution in [0.5, 0.6) is 0 Å². The summed E-state index contributed by atoms with van der Waals surface area (Å²) in [6.07, 6.45) is 1.93. The highest BCUT2D eigenvalue weighted by Gasteiger charge is 2.28. The normalized spacial score (nSPS) is 16.0. The molecule has 2 aromatic carbocycles. The molecule has 0 saturated carbocycles. The van der Waals surface area contributed by atoms with Gasteiger partial charge in [0.1, 0.15) is 11.6 Å². The summed E-state index contributed by atoms with van der Waals surface area (Å²) < 4.78 is 21.3. The van der Waals surface area contributed by atoms with Crippen LogP contribution in [0, 0.1) is 12.7 Å². The molecule has 2 aromatic heterocycles. The third-order valence-corrected chi connectivity index (χ3v) is 6.45. The Hall–Kier alpha value is -3.29. The molecular weight excluding hydrogens is 431 g/mol. The van der Waals surface area contributed by atoms with Gasteiger partial charge in [0.25, 0.3) is 0 Å². The average Bonchev–Trinajstić information content (AvgIpc) is 3.47. The van der Waals surface area contributed by atoms with Gasteiger partial charge < -0.3 is 14.7 Å². The second kappa shape index (κ2) is 9.52. The summed E-state index contributed by atoms with van der Waals surface area (Å²) in [5.41, 5.74) is 6.31. The minimum absolute atomic E-state index is 0.0321. The second-order valence-electron chi connectivity index (χ2n) is 8.74. The van der Waals surface area contributed by atoms with Crippen molar-refractivity contribution in [3.05, 3.63) is 71.7 Å². The van der Waals surface area contributed by atoms with Crippen LogP contribution in [0.3, 0.4) is 0 Å². The molecular formula is C27H29FN4O2. The van der Waals surface area contributed by atoms with E-state index in [1.807, 2.05) is 17.5 Å². The molecule has 1 aliphatic heterocycles. The van der Waals surface area contributed by atoms with E-state index in [0.29, 0.717) is 13.2 Å². The Morgan fingerprint density at radius 2 is 1.82 bits per heavy atom. The zero-order valence-corrected chi connectivity index (χ0v) is 19.5. The summed E-state index contributed by atoms with van der Waals surface area (Å²) in [7, 11) is 0. The van der Waals surface area contributed by atoms with Crippen molar-refractivity contribution in [1.82, 2.24) is 14.6 Å². The number of aromatic nitrogens is 3. The fourth-order valence-corrected chi connectivity index (χ4v) is 4.66. The summed E-state index contributed by atoms with van der Waals surface area (Å²) in [5, 5.41) is 14.9. The number of benzene rings is 2. The zero-order valence-electron chi connectivity index (χ0n) is 19.5. The number of anilines is 1. The third-order valence-electron chi connectivity index (χ3n) is 6.45. The minimum Gasteiger partial charge on any atom is -0.394 e. The van der Waals surface area contributed by atoms with E-state index in [1.54, 1.807) is 12.1 Å². The van der Waals surface area contributed by atoms with Crippen molar-refractivity contribution in [3.8, 4) is 22.4 Å². The quantitative estimate of drug-likeness (QED) is 0.420. The smallest absolute Gasteiger partial charge is 0.166 e. The number of fused-ring (bicyclic) bond motifs is 1. The van der Waals surface area contributed by atoms with Gasteiger partial charge in [-0.25, -0.2) is 13.9 Å². The highest BCUT2D eigenvalue weighted by Crippen LogP contribution is 2.35. The fourth-order valence-electron chi connectivity index (χ4n) is 4.66. The lowest BCUT2D eigenvalue weighted by atomic mass is 10.0. The standard InChI is InChI=1S/C27H29FN4O2/c1-3-34-17-23-26(20-8-6-18(2)7-9-20)27-29-25(31-14-4-5-22(31)16-33)15-24(32(27)30-23)19-10-12-21(28)13-11-19/h6-13,15,22,33H,3-5,14,16-17H2,1-2H3. The lowest BCUT2D eigenvalue weighted by molar-refractivity contribution is 0.131. The molecule has 1 N–H and O–H groups in total. The number of aliphatic hydroxyl groups excluding tert-OH is 1. The van der Waals surface area contributed by atoms with E-state index in [1.165, 1.54) is 17.7 Å². The molecule has 1 fully saturated rings. The number of ether oxygens (including phenoxy) is 1. The number of aryl methyl sites for hydroxylation is 1. The first-order valence-electron chi connectivity index (χ1n) is 11.8. The molecule has 1 unspecified atom stereocenters. The molecule has 0 amide bonds. The highest BCUT2D eigenvalue weighted by molar-refractivity contribution is 5.83. The molecule has 1 saturated heterocycles. The number of rotatable bonds is 7. The Balaban J connectivity index is 1.78. The van der Waals surface area contributed by atoms with Crippen molar-refractivity contribution < 1.29 is 14.2 Å². The molecule has 1 aliphatic rings. The lowest BCUT2D eigenvalue weighted by Crippen LogP contribution is -2.32. The van der Waals surface area contributed by atoms with E-state index >= 15 is 0 Å².